The first kappa shape index (κ1) is 13.6. The van der Waals surface area contributed by atoms with Crippen LogP contribution in [0.3, 0.4) is 0 Å². The highest BCUT2D eigenvalue weighted by Crippen LogP contribution is 2.31. The molecule has 2 rings (SSSR count). The third kappa shape index (κ3) is 3.81. The van der Waals surface area contributed by atoms with E-state index in [4.69, 9.17) is 10.5 Å². The Labute approximate surface area is 113 Å². The van der Waals surface area contributed by atoms with Crippen LogP contribution < -0.4 is 5.73 Å². The highest BCUT2D eigenvalue weighted by molar-refractivity contribution is 5.70. The number of hydrogen-bond donors (Lipinski definition) is 1. The van der Waals surface area contributed by atoms with Gasteiger partial charge in [0.15, 0.2) is 0 Å². The molecule has 0 spiro atoms. The molecule has 102 valence electrons. The van der Waals surface area contributed by atoms with E-state index in [0.29, 0.717) is 18.9 Å². The zero-order chi connectivity index (χ0) is 13.7. The molecule has 0 aromatic carbocycles. The second-order valence-corrected chi connectivity index (χ2v) is 4.85. The van der Waals surface area contributed by atoms with Gasteiger partial charge < -0.3 is 10.5 Å². The van der Waals surface area contributed by atoms with Crippen LogP contribution in [0.25, 0.3) is 5.57 Å². The maximum Gasteiger partial charge on any atom is 0.306 e. The summed E-state index contributed by atoms with van der Waals surface area (Å²) in [5.41, 5.74) is 8.68. The number of nitrogens with two attached hydrogens (primary N) is 1. The molecule has 0 aliphatic heterocycles. The van der Waals surface area contributed by atoms with Crippen LogP contribution in [0.15, 0.2) is 24.4 Å². The topological polar surface area (TPSA) is 65.2 Å². The molecule has 1 heterocycles. The van der Waals surface area contributed by atoms with Crippen LogP contribution in [0, 0.1) is 5.92 Å². The molecule has 1 atom stereocenters. The summed E-state index contributed by atoms with van der Waals surface area (Å²) in [5, 5.41) is 0. The number of esters is 1. The summed E-state index contributed by atoms with van der Waals surface area (Å²) in [7, 11) is 0. The van der Waals surface area contributed by atoms with Gasteiger partial charge in [-0.25, -0.2) is 0 Å². The van der Waals surface area contributed by atoms with E-state index < -0.39 is 0 Å². The number of nitrogens with zero attached hydrogens (tertiary/aromatic N) is 1. The standard InChI is InChI=1S/C15H20N2O2/c1-2-19-15(18)9-11-3-5-12(6-4-11)14-10-13(16)7-8-17-14/h5,7-8,10-11H,2-4,6,9H2,1H3,(H2,16,17). The molecule has 0 saturated carbocycles. The summed E-state index contributed by atoms with van der Waals surface area (Å²) in [4.78, 5) is 15.8. The van der Waals surface area contributed by atoms with E-state index in [-0.39, 0.29) is 5.97 Å². The summed E-state index contributed by atoms with van der Waals surface area (Å²) in [6.07, 6.45) is 7.28. The van der Waals surface area contributed by atoms with Gasteiger partial charge in [-0.2, -0.15) is 0 Å². The highest BCUT2D eigenvalue weighted by Gasteiger charge is 2.19. The molecule has 0 saturated heterocycles. The van der Waals surface area contributed by atoms with E-state index in [1.165, 1.54) is 5.57 Å². The van der Waals surface area contributed by atoms with Crippen molar-refractivity contribution in [3.63, 3.8) is 0 Å². The average Bonchev–Trinajstić information content (AvgIpc) is 2.40. The predicted molar refractivity (Wildman–Crippen MR) is 75.2 cm³/mol. The Morgan fingerprint density at radius 2 is 2.42 bits per heavy atom. The first-order chi connectivity index (χ1) is 9.19. The summed E-state index contributed by atoms with van der Waals surface area (Å²) in [6.45, 7) is 2.29. The zero-order valence-electron chi connectivity index (χ0n) is 11.3. The van der Waals surface area contributed by atoms with Gasteiger partial charge in [-0.05, 0) is 49.8 Å². The van der Waals surface area contributed by atoms with Crippen molar-refractivity contribution in [3.05, 3.63) is 30.1 Å². The molecule has 0 amide bonds. The van der Waals surface area contributed by atoms with Crippen molar-refractivity contribution < 1.29 is 9.53 Å². The van der Waals surface area contributed by atoms with Crippen molar-refractivity contribution in [2.24, 2.45) is 5.92 Å². The van der Waals surface area contributed by atoms with Gasteiger partial charge in [-0.1, -0.05) is 6.08 Å². The highest BCUT2D eigenvalue weighted by atomic mass is 16.5. The number of ether oxygens (including phenoxy) is 1. The fourth-order valence-electron chi connectivity index (χ4n) is 2.38. The number of carbonyl (C=O) groups is 1. The molecule has 1 aliphatic carbocycles. The van der Waals surface area contributed by atoms with E-state index in [1.54, 1.807) is 12.3 Å². The van der Waals surface area contributed by atoms with E-state index in [2.05, 4.69) is 11.1 Å². The molecule has 1 aromatic rings. The van der Waals surface area contributed by atoms with Gasteiger partial charge in [0.2, 0.25) is 0 Å². The van der Waals surface area contributed by atoms with Gasteiger partial charge in [-0.3, -0.25) is 9.78 Å². The number of allylic oxidation sites excluding steroid dienone is 2. The van der Waals surface area contributed by atoms with Crippen molar-refractivity contribution in [2.75, 3.05) is 12.3 Å². The minimum atomic E-state index is -0.0913. The maximum atomic E-state index is 11.4. The Balaban J connectivity index is 1.94. The molecule has 4 nitrogen and oxygen atoms in total. The van der Waals surface area contributed by atoms with Crippen molar-refractivity contribution in [1.29, 1.82) is 0 Å². The number of aromatic nitrogens is 1. The first-order valence-electron chi connectivity index (χ1n) is 6.75. The average molecular weight is 260 g/mol. The number of hydrogen-bond acceptors (Lipinski definition) is 4. The Bertz CT molecular complexity index is 483. The smallest absolute Gasteiger partial charge is 0.306 e. The molecular weight excluding hydrogens is 240 g/mol. The minimum absolute atomic E-state index is 0.0913. The van der Waals surface area contributed by atoms with Crippen LogP contribution in [0.1, 0.15) is 38.3 Å². The van der Waals surface area contributed by atoms with Crippen molar-refractivity contribution in [3.8, 4) is 0 Å². The van der Waals surface area contributed by atoms with Crippen molar-refractivity contribution in [2.45, 2.75) is 32.6 Å². The summed E-state index contributed by atoms with van der Waals surface area (Å²) < 4.78 is 4.98. The van der Waals surface area contributed by atoms with Gasteiger partial charge in [0.05, 0.1) is 12.3 Å². The predicted octanol–water partition coefficient (Wildman–Crippen LogP) is 2.80. The van der Waals surface area contributed by atoms with E-state index in [0.717, 1.165) is 30.6 Å². The van der Waals surface area contributed by atoms with Crippen LogP contribution in [0.5, 0.6) is 0 Å². The van der Waals surface area contributed by atoms with Crippen molar-refractivity contribution in [1.82, 2.24) is 4.98 Å². The van der Waals surface area contributed by atoms with Crippen LogP contribution in [-0.2, 0) is 9.53 Å². The summed E-state index contributed by atoms with van der Waals surface area (Å²) in [5.74, 6) is 0.301. The summed E-state index contributed by atoms with van der Waals surface area (Å²) in [6, 6.07) is 3.69. The lowest BCUT2D eigenvalue weighted by Crippen LogP contribution is -2.13. The number of anilines is 1. The van der Waals surface area contributed by atoms with E-state index >= 15 is 0 Å². The molecule has 1 aliphatic rings. The normalized spacial score (nSPS) is 18.8. The maximum absolute atomic E-state index is 11.4. The third-order valence-corrected chi connectivity index (χ3v) is 3.39. The zero-order valence-corrected chi connectivity index (χ0v) is 11.3. The van der Waals surface area contributed by atoms with E-state index in [1.807, 2.05) is 13.0 Å². The SMILES string of the molecule is CCOC(=O)CC1CC=C(c2cc(N)ccn2)CC1. The second-order valence-electron chi connectivity index (χ2n) is 4.85. The monoisotopic (exact) mass is 260 g/mol. The molecule has 19 heavy (non-hydrogen) atoms. The lowest BCUT2D eigenvalue weighted by atomic mass is 9.86. The number of rotatable bonds is 4. The molecule has 4 heteroatoms. The van der Waals surface area contributed by atoms with Gasteiger partial charge in [0.1, 0.15) is 0 Å². The Morgan fingerprint density at radius 1 is 1.58 bits per heavy atom. The van der Waals surface area contributed by atoms with Gasteiger partial charge >= 0.3 is 5.97 Å². The van der Waals surface area contributed by atoms with Crippen LogP contribution in [-0.4, -0.2) is 17.6 Å². The summed E-state index contributed by atoms with van der Waals surface area (Å²) >= 11 is 0. The minimum Gasteiger partial charge on any atom is -0.466 e. The van der Waals surface area contributed by atoms with E-state index in [9.17, 15) is 4.79 Å². The molecule has 2 N–H and O–H groups in total. The second kappa shape index (κ2) is 6.36. The Kier molecular flexibility index (Phi) is 4.55. The number of nitrogen functional groups attached to an aromatic ring is 1. The van der Waals surface area contributed by atoms with Gasteiger partial charge in [0, 0.05) is 18.3 Å². The quantitative estimate of drug-likeness (QED) is 0.845. The molecular formula is C15H20N2O2. The lowest BCUT2D eigenvalue weighted by molar-refractivity contribution is -0.144. The van der Waals surface area contributed by atoms with Gasteiger partial charge in [-0.15, -0.1) is 0 Å². The molecule has 1 aromatic heterocycles. The fourth-order valence-corrected chi connectivity index (χ4v) is 2.38. The number of pyridine rings is 1. The van der Waals surface area contributed by atoms with Crippen LogP contribution in [0.4, 0.5) is 5.69 Å². The molecule has 1 unspecified atom stereocenters. The Morgan fingerprint density at radius 3 is 3.05 bits per heavy atom. The third-order valence-electron chi connectivity index (χ3n) is 3.39. The molecule has 0 fully saturated rings. The van der Waals surface area contributed by atoms with Gasteiger partial charge in [0.25, 0.3) is 0 Å². The molecule has 0 bridgehead atoms. The number of carbonyl (C=O) groups excluding carboxylic acids is 1. The first-order valence-corrected chi connectivity index (χ1v) is 6.75. The molecule has 0 radical (unpaired) electrons. The van der Waals surface area contributed by atoms with Crippen LogP contribution >= 0.6 is 0 Å². The fraction of sp³-hybridized carbons (Fsp3) is 0.467. The lowest BCUT2D eigenvalue weighted by Gasteiger charge is -2.21. The van der Waals surface area contributed by atoms with Crippen molar-refractivity contribution >= 4 is 17.2 Å². The largest absolute Gasteiger partial charge is 0.466 e. The van der Waals surface area contributed by atoms with Crippen LogP contribution in [0.2, 0.25) is 0 Å². The Hall–Kier alpha value is -1.84.